The first kappa shape index (κ1) is 42.2. The number of hydrogen-bond donors (Lipinski definition) is 3. The molecule has 0 saturated carbocycles. The molecule has 44 heavy (non-hydrogen) atoms. The molecule has 0 heterocycles. The molecule has 0 fully saturated rings. The number of hydrogen-bond acceptors (Lipinski definition) is 5. The molecule has 7 nitrogen and oxygen atoms in total. The number of Topliss-reactive ketones (excluding diaryl/α,β-unsaturated/α-hetero) is 2. The van der Waals surface area contributed by atoms with Gasteiger partial charge in [0.1, 0.15) is 11.6 Å². The van der Waals surface area contributed by atoms with Crippen molar-refractivity contribution >= 4 is 23.4 Å². The van der Waals surface area contributed by atoms with Gasteiger partial charge in [0.05, 0.1) is 6.04 Å². The molecule has 3 N–H and O–H groups in total. The second-order valence-corrected chi connectivity index (χ2v) is 15.3. The molecule has 0 rings (SSSR count). The molecule has 0 saturated heterocycles. The van der Waals surface area contributed by atoms with E-state index in [1.807, 2.05) is 41.5 Å². The molecular weight excluding hydrogens is 550 g/mol. The molecule has 0 aromatic carbocycles. The van der Waals surface area contributed by atoms with E-state index in [0.717, 1.165) is 70.6 Å². The molecule has 2 amide bonds. The molecule has 258 valence electrons. The van der Waals surface area contributed by atoms with E-state index < -0.39 is 6.04 Å². The van der Waals surface area contributed by atoms with Crippen molar-refractivity contribution in [2.24, 2.45) is 10.8 Å². The number of ketones is 2. The Hall–Kier alpha value is -1.76. The van der Waals surface area contributed by atoms with Crippen LogP contribution in [-0.4, -0.2) is 48.1 Å². The fraction of sp³-hybridized carbons (Fsp3) is 0.892. The molecule has 0 aliphatic rings. The molecule has 2 atom stereocenters. The van der Waals surface area contributed by atoms with Gasteiger partial charge in [0, 0.05) is 48.7 Å². The number of amides is 2. The molecule has 0 aromatic rings. The van der Waals surface area contributed by atoms with Gasteiger partial charge in [-0.3, -0.25) is 19.2 Å². The smallest absolute Gasteiger partial charge is 0.237 e. The van der Waals surface area contributed by atoms with E-state index in [9.17, 15) is 19.2 Å². The molecule has 0 radical (unpaired) electrons. The van der Waals surface area contributed by atoms with Crippen LogP contribution >= 0.6 is 0 Å². The summed E-state index contributed by atoms with van der Waals surface area (Å²) in [6.45, 7) is 19.6. The standard InChI is InChI=1S/C37H71N3O4/c1-10-12-14-19-27-37(9,26-13-11-2)40-30(34(44)39-29-21-16-18-23-32(42)36(6,7)8)24-25-33(43)38-28-20-15-17-22-31(41)35(3,4)5/h30,40H,10-29H2,1-9H3,(H,38,43)(H,39,44). The molecule has 2 unspecified atom stereocenters. The molecule has 0 bridgehead atoms. The summed E-state index contributed by atoms with van der Waals surface area (Å²) in [6.07, 6.45) is 16.1. The summed E-state index contributed by atoms with van der Waals surface area (Å²) in [6, 6.07) is -0.431. The fourth-order valence-corrected chi connectivity index (χ4v) is 5.32. The normalized spacial score (nSPS) is 14.1. The van der Waals surface area contributed by atoms with Crippen LogP contribution in [0.1, 0.15) is 178 Å². The van der Waals surface area contributed by atoms with Gasteiger partial charge in [0.15, 0.2) is 0 Å². The van der Waals surface area contributed by atoms with Gasteiger partial charge < -0.3 is 16.0 Å². The first-order chi connectivity index (χ1) is 20.6. The van der Waals surface area contributed by atoms with Crippen LogP contribution in [0.5, 0.6) is 0 Å². The zero-order chi connectivity index (χ0) is 33.7. The lowest BCUT2D eigenvalue weighted by Crippen LogP contribution is -2.54. The quantitative estimate of drug-likeness (QED) is 0.0844. The summed E-state index contributed by atoms with van der Waals surface area (Å²) in [7, 11) is 0. The highest BCUT2D eigenvalue weighted by atomic mass is 16.2. The van der Waals surface area contributed by atoms with E-state index in [1.165, 1.54) is 19.3 Å². The Morgan fingerprint density at radius 1 is 0.545 bits per heavy atom. The van der Waals surface area contributed by atoms with E-state index in [1.54, 1.807) is 0 Å². The lowest BCUT2D eigenvalue weighted by Gasteiger charge is -2.35. The highest BCUT2D eigenvalue weighted by Crippen LogP contribution is 2.24. The summed E-state index contributed by atoms with van der Waals surface area (Å²) in [5, 5.41) is 9.86. The van der Waals surface area contributed by atoms with Crippen molar-refractivity contribution in [3.63, 3.8) is 0 Å². The summed E-state index contributed by atoms with van der Waals surface area (Å²) in [5.41, 5.74) is -0.743. The zero-order valence-corrected chi connectivity index (χ0v) is 30.4. The third-order valence-corrected chi connectivity index (χ3v) is 8.62. The van der Waals surface area contributed by atoms with E-state index in [0.29, 0.717) is 38.8 Å². The van der Waals surface area contributed by atoms with Crippen molar-refractivity contribution in [2.75, 3.05) is 13.1 Å². The van der Waals surface area contributed by atoms with Gasteiger partial charge in [-0.25, -0.2) is 0 Å². The average molecular weight is 622 g/mol. The largest absolute Gasteiger partial charge is 0.356 e. The van der Waals surface area contributed by atoms with Crippen LogP contribution in [0.15, 0.2) is 0 Å². The van der Waals surface area contributed by atoms with E-state index >= 15 is 0 Å². The lowest BCUT2D eigenvalue weighted by atomic mass is 9.87. The predicted molar refractivity (Wildman–Crippen MR) is 185 cm³/mol. The van der Waals surface area contributed by atoms with Gasteiger partial charge in [-0.2, -0.15) is 0 Å². The maximum atomic E-state index is 13.4. The molecule has 0 aliphatic carbocycles. The molecule has 0 aliphatic heterocycles. The highest BCUT2D eigenvalue weighted by Gasteiger charge is 2.30. The summed E-state index contributed by atoms with van der Waals surface area (Å²) < 4.78 is 0. The minimum atomic E-state index is -0.431. The number of unbranched alkanes of at least 4 members (excludes halogenated alkanes) is 8. The van der Waals surface area contributed by atoms with Crippen LogP contribution in [0.4, 0.5) is 0 Å². The van der Waals surface area contributed by atoms with Gasteiger partial charge in [-0.15, -0.1) is 0 Å². The number of rotatable bonds is 26. The molecule has 7 heteroatoms. The second kappa shape index (κ2) is 22.7. The number of carbonyl (C=O) groups is 4. The van der Waals surface area contributed by atoms with Crippen molar-refractivity contribution in [3.8, 4) is 0 Å². The maximum Gasteiger partial charge on any atom is 0.237 e. The Labute approximate surface area is 271 Å². The molecular formula is C37H71N3O4. The van der Waals surface area contributed by atoms with Crippen molar-refractivity contribution in [3.05, 3.63) is 0 Å². The van der Waals surface area contributed by atoms with Crippen LogP contribution in [0.3, 0.4) is 0 Å². The Bertz CT molecular complexity index is 828. The summed E-state index contributed by atoms with van der Waals surface area (Å²) in [5.74, 6) is 0.496. The Morgan fingerprint density at radius 3 is 1.52 bits per heavy atom. The maximum absolute atomic E-state index is 13.4. The minimum Gasteiger partial charge on any atom is -0.356 e. The Balaban J connectivity index is 5.01. The minimum absolute atomic E-state index is 0.0305. The van der Waals surface area contributed by atoms with Crippen molar-refractivity contribution in [2.45, 2.75) is 189 Å². The fourth-order valence-electron chi connectivity index (χ4n) is 5.32. The van der Waals surface area contributed by atoms with Crippen LogP contribution in [-0.2, 0) is 19.2 Å². The van der Waals surface area contributed by atoms with E-state index in [2.05, 4.69) is 36.7 Å². The monoisotopic (exact) mass is 622 g/mol. The van der Waals surface area contributed by atoms with Gasteiger partial charge >= 0.3 is 0 Å². The van der Waals surface area contributed by atoms with E-state index in [-0.39, 0.29) is 39.7 Å². The van der Waals surface area contributed by atoms with E-state index in [4.69, 9.17) is 0 Å². The third-order valence-electron chi connectivity index (χ3n) is 8.62. The van der Waals surface area contributed by atoms with Gasteiger partial charge in [0.2, 0.25) is 11.8 Å². The van der Waals surface area contributed by atoms with Crippen molar-refractivity contribution in [1.29, 1.82) is 0 Å². The number of nitrogens with one attached hydrogen (secondary N) is 3. The predicted octanol–water partition coefficient (Wildman–Crippen LogP) is 8.23. The van der Waals surface area contributed by atoms with Crippen LogP contribution < -0.4 is 16.0 Å². The van der Waals surface area contributed by atoms with Crippen molar-refractivity contribution < 1.29 is 19.2 Å². The first-order valence-electron chi connectivity index (χ1n) is 17.9. The lowest BCUT2D eigenvalue weighted by molar-refractivity contribution is -0.127. The average Bonchev–Trinajstić information content (AvgIpc) is 2.94. The summed E-state index contributed by atoms with van der Waals surface area (Å²) >= 11 is 0. The van der Waals surface area contributed by atoms with Crippen LogP contribution in [0.2, 0.25) is 0 Å². The van der Waals surface area contributed by atoms with Gasteiger partial charge in [-0.05, 0) is 51.9 Å². The summed E-state index contributed by atoms with van der Waals surface area (Å²) in [4.78, 5) is 50.4. The Morgan fingerprint density at radius 2 is 1.02 bits per heavy atom. The van der Waals surface area contributed by atoms with Crippen LogP contribution in [0, 0.1) is 10.8 Å². The molecule has 0 aromatic heterocycles. The second-order valence-electron chi connectivity index (χ2n) is 15.3. The van der Waals surface area contributed by atoms with Gasteiger partial charge in [0.25, 0.3) is 0 Å². The topological polar surface area (TPSA) is 104 Å². The molecule has 0 spiro atoms. The third kappa shape index (κ3) is 21.1. The van der Waals surface area contributed by atoms with Crippen molar-refractivity contribution in [1.82, 2.24) is 16.0 Å². The SMILES string of the molecule is CCCCCCC(C)(CCCC)NC(CCC(=O)NCCCCCC(=O)C(C)(C)C)C(=O)NCCCCCC(=O)C(C)(C)C. The first-order valence-corrected chi connectivity index (χ1v) is 17.9. The number of carbonyl (C=O) groups excluding carboxylic acids is 4. The van der Waals surface area contributed by atoms with Crippen LogP contribution in [0.25, 0.3) is 0 Å². The van der Waals surface area contributed by atoms with Gasteiger partial charge in [-0.1, -0.05) is 107 Å². The zero-order valence-electron chi connectivity index (χ0n) is 30.4. The highest BCUT2D eigenvalue weighted by molar-refractivity contribution is 5.84. The Kier molecular flexibility index (Phi) is 21.8.